The van der Waals surface area contributed by atoms with Crippen LogP contribution in [0.1, 0.15) is 5.56 Å². The topological polar surface area (TPSA) is 9.23 Å². The number of methoxy groups -OCH3 is 1. The lowest BCUT2D eigenvalue weighted by Gasteiger charge is -2.09. The molecule has 1 nitrogen and oxygen atoms in total. The van der Waals surface area contributed by atoms with Crippen LogP contribution in [0.25, 0.3) is 0 Å². The number of aryl methyl sites for hydroxylation is 1. The highest BCUT2D eigenvalue weighted by Gasteiger charge is 2.11. The summed E-state index contributed by atoms with van der Waals surface area (Å²) in [5, 5.41) is 1.16. The highest BCUT2D eigenvalue weighted by molar-refractivity contribution is 14.1. The maximum atomic E-state index is 5.96. The third-order valence-corrected chi connectivity index (χ3v) is 3.52. The Morgan fingerprint density at radius 3 is 2.42 bits per heavy atom. The van der Waals surface area contributed by atoms with E-state index in [0.29, 0.717) is 15.8 Å². The molecule has 0 atom stereocenters. The molecule has 0 bridgehead atoms. The fourth-order valence-corrected chi connectivity index (χ4v) is 2.09. The summed E-state index contributed by atoms with van der Waals surface area (Å²) in [6, 6.07) is 1.92. The summed E-state index contributed by atoms with van der Waals surface area (Å²) in [7, 11) is 1.56. The fourth-order valence-electron chi connectivity index (χ4n) is 0.880. The molecule has 12 heavy (non-hydrogen) atoms. The Hall–Kier alpha value is 0.330. The predicted octanol–water partition coefficient (Wildman–Crippen LogP) is 3.92. The van der Waals surface area contributed by atoms with Crippen LogP contribution < -0.4 is 4.74 Å². The van der Waals surface area contributed by atoms with Crippen molar-refractivity contribution >= 4 is 45.8 Å². The quantitative estimate of drug-likeness (QED) is 0.564. The van der Waals surface area contributed by atoms with Crippen LogP contribution in [-0.4, -0.2) is 7.11 Å². The minimum Gasteiger partial charge on any atom is -0.494 e. The fraction of sp³-hybridized carbons (Fsp3) is 0.250. The molecule has 0 radical (unpaired) electrons. The number of rotatable bonds is 1. The van der Waals surface area contributed by atoms with Gasteiger partial charge in [-0.05, 0) is 41.1 Å². The first-order chi connectivity index (χ1) is 5.57. The Morgan fingerprint density at radius 1 is 1.33 bits per heavy atom. The van der Waals surface area contributed by atoms with Gasteiger partial charge in [-0.3, -0.25) is 0 Å². The average Bonchev–Trinajstić information content (AvgIpc) is 2.02. The Bertz CT molecular complexity index is 286. The molecule has 0 heterocycles. The van der Waals surface area contributed by atoms with Gasteiger partial charge in [-0.25, -0.2) is 0 Å². The second kappa shape index (κ2) is 4.03. The lowest BCUT2D eigenvalue weighted by Crippen LogP contribution is -1.90. The third-order valence-electron chi connectivity index (χ3n) is 1.50. The van der Waals surface area contributed by atoms with Gasteiger partial charge in [0.05, 0.1) is 17.2 Å². The summed E-state index contributed by atoms with van der Waals surface area (Å²) >= 11 is 14.1. The van der Waals surface area contributed by atoms with Crippen molar-refractivity contribution in [3.05, 3.63) is 25.2 Å². The summed E-state index contributed by atoms with van der Waals surface area (Å²) in [5.41, 5.74) is 0.974. The van der Waals surface area contributed by atoms with Gasteiger partial charge in [-0.15, -0.1) is 0 Å². The van der Waals surface area contributed by atoms with Gasteiger partial charge in [-0.2, -0.15) is 0 Å². The maximum absolute atomic E-state index is 5.96. The first-order valence-electron chi connectivity index (χ1n) is 3.26. The summed E-state index contributed by atoms with van der Waals surface area (Å²) < 4.78 is 6.02. The molecule has 66 valence electrons. The molecule has 0 saturated heterocycles. The highest BCUT2D eigenvalue weighted by Crippen LogP contribution is 2.38. The van der Waals surface area contributed by atoms with E-state index in [1.165, 1.54) is 0 Å². The lowest BCUT2D eigenvalue weighted by atomic mass is 10.2. The SMILES string of the molecule is COc1c(Cl)c(C)cc(I)c1Cl. The molecule has 0 aliphatic carbocycles. The van der Waals surface area contributed by atoms with Crippen molar-refractivity contribution in [2.75, 3.05) is 7.11 Å². The minimum atomic E-state index is 0.558. The Kier molecular flexibility index (Phi) is 3.49. The van der Waals surface area contributed by atoms with Crippen LogP contribution in [0.4, 0.5) is 0 Å². The molecule has 0 aliphatic rings. The maximum Gasteiger partial charge on any atom is 0.157 e. The van der Waals surface area contributed by atoms with Crippen molar-refractivity contribution in [3.63, 3.8) is 0 Å². The molecule has 0 aliphatic heterocycles. The molecule has 1 aromatic carbocycles. The number of hydrogen-bond donors (Lipinski definition) is 0. The van der Waals surface area contributed by atoms with Crippen molar-refractivity contribution in [1.29, 1.82) is 0 Å². The van der Waals surface area contributed by atoms with Crippen LogP contribution in [0, 0.1) is 10.5 Å². The summed E-state index contributed by atoms with van der Waals surface area (Å²) in [5.74, 6) is 0.558. The van der Waals surface area contributed by atoms with Gasteiger partial charge >= 0.3 is 0 Å². The Balaban J connectivity index is 3.42. The minimum absolute atomic E-state index is 0.558. The second-order valence-corrected chi connectivity index (χ2v) is 4.25. The van der Waals surface area contributed by atoms with E-state index in [1.54, 1.807) is 7.11 Å². The molecule has 4 heteroatoms. The van der Waals surface area contributed by atoms with Gasteiger partial charge in [0.15, 0.2) is 5.75 Å². The van der Waals surface area contributed by atoms with Crippen LogP contribution >= 0.6 is 45.8 Å². The average molecular weight is 317 g/mol. The zero-order chi connectivity index (χ0) is 9.30. The van der Waals surface area contributed by atoms with Gasteiger partial charge < -0.3 is 4.74 Å². The molecule has 1 aromatic rings. The van der Waals surface area contributed by atoms with E-state index in [4.69, 9.17) is 27.9 Å². The highest BCUT2D eigenvalue weighted by atomic mass is 127. The monoisotopic (exact) mass is 316 g/mol. The van der Waals surface area contributed by atoms with Crippen molar-refractivity contribution in [3.8, 4) is 5.75 Å². The molecule has 0 N–H and O–H groups in total. The van der Waals surface area contributed by atoms with Crippen LogP contribution in [0.5, 0.6) is 5.75 Å². The first-order valence-corrected chi connectivity index (χ1v) is 5.09. The van der Waals surface area contributed by atoms with Crippen LogP contribution in [0.15, 0.2) is 6.07 Å². The van der Waals surface area contributed by atoms with E-state index >= 15 is 0 Å². The van der Waals surface area contributed by atoms with Crippen LogP contribution in [0.3, 0.4) is 0 Å². The second-order valence-electron chi connectivity index (χ2n) is 2.34. The molecule has 1 rings (SSSR count). The molecule has 0 aromatic heterocycles. The number of hydrogen-bond acceptors (Lipinski definition) is 1. The lowest BCUT2D eigenvalue weighted by molar-refractivity contribution is 0.414. The molecular weight excluding hydrogens is 310 g/mol. The largest absolute Gasteiger partial charge is 0.494 e. The molecule has 0 spiro atoms. The molecule has 0 unspecified atom stereocenters. The number of halogens is 3. The summed E-state index contributed by atoms with van der Waals surface area (Å²) in [6.45, 7) is 1.92. The molecule has 0 amide bonds. The molecular formula is C8H7Cl2IO. The van der Waals surface area contributed by atoms with Gasteiger partial charge in [0.25, 0.3) is 0 Å². The van der Waals surface area contributed by atoms with Crippen molar-refractivity contribution < 1.29 is 4.74 Å². The van der Waals surface area contributed by atoms with Crippen LogP contribution in [0.2, 0.25) is 10.0 Å². The smallest absolute Gasteiger partial charge is 0.157 e. The number of ether oxygens (including phenoxy) is 1. The van der Waals surface area contributed by atoms with Gasteiger partial charge in [-0.1, -0.05) is 23.2 Å². The Labute approximate surface area is 95.1 Å². The molecule has 0 saturated carbocycles. The first kappa shape index (κ1) is 10.4. The van der Waals surface area contributed by atoms with E-state index in [-0.39, 0.29) is 0 Å². The number of benzene rings is 1. The summed E-state index contributed by atoms with van der Waals surface area (Å²) in [6.07, 6.45) is 0. The van der Waals surface area contributed by atoms with Crippen molar-refractivity contribution in [1.82, 2.24) is 0 Å². The van der Waals surface area contributed by atoms with E-state index < -0.39 is 0 Å². The predicted molar refractivity (Wildman–Crippen MR) is 60.5 cm³/mol. The zero-order valence-electron chi connectivity index (χ0n) is 6.62. The normalized spacial score (nSPS) is 10.1. The molecule has 0 fully saturated rings. The van der Waals surface area contributed by atoms with Crippen LogP contribution in [-0.2, 0) is 0 Å². The van der Waals surface area contributed by atoms with Gasteiger partial charge in [0, 0.05) is 3.57 Å². The van der Waals surface area contributed by atoms with Crippen molar-refractivity contribution in [2.45, 2.75) is 6.92 Å². The zero-order valence-corrected chi connectivity index (χ0v) is 10.3. The van der Waals surface area contributed by atoms with E-state index in [9.17, 15) is 0 Å². The van der Waals surface area contributed by atoms with Crippen molar-refractivity contribution in [2.24, 2.45) is 0 Å². The van der Waals surface area contributed by atoms with E-state index in [2.05, 4.69) is 22.6 Å². The van der Waals surface area contributed by atoms with E-state index in [0.717, 1.165) is 9.13 Å². The third kappa shape index (κ3) is 1.80. The standard InChI is InChI=1S/C8H7Cl2IO/c1-4-3-5(11)7(10)8(12-2)6(4)9/h3H,1-2H3. The summed E-state index contributed by atoms with van der Waals surface area (Å²) in [4.78, 5) is 0. The van der Waals surface area contributed by atoms with Gasteiger partial charge in [0.1, 0.15) is 0 Å². The van der Waals surface area contributed by atoms with E-state index in [1.807, 2.05) is 13.0 Å². The van der Waals surface area contributed by atoms with Gasteiger partial charge in [0.2, 0.25) is 0 Å². The Morgan fingerprint density at radius 2 is 1.92 bits per heavy atom.